The molecule has 0 aliphatic carbocycles. The third-order valence-corrected chi connectivity index (χ3v) is 6.33. The quantitative estimate of drug-likeness (QED) is 0.317. The highest BCUT2D eigenvalue weighted by Gasteiger charge is 2.15. The van der Waals surface area contributed by atoms with E-state index in [0.29, 0.717) is 25.8 Å². The number of methoxy groups -OCH3 is 1. The van der Waals surface area contributed by atoms with E-state index in [0.717, 1.165) is 39.5 Å². The lowest BCUT2D eigenvalue weighted by molar-refractivity contribution is -0.121. The Morgan fingerprint density at radius 3 is 2.50 bits per heavy atom. The van der Waals surface area contributed by atoms with Gasteiger partial charge in [-0.25, -0.2) is 0 Å². The van der Waals surface area contributed by atoms with E-state index >= 15 is 0 Å². The molecular formula is C31H31N3O2. The molecule has 0 bridgehead atoms. The second-order valence-corrected chi connectivity index (χ2v) is 8.99. The number of carbonyl (C=O) groups is 1. The van der Waals surface area contributed by atoms with Crippen LogP contribution in [0.25, 0.3) is 16.9 Å². The molecule has 36 heavy (non-hydrogen) atoms. The molecule has 5 nitrogen and oxygen atoms in total. The van der Waals surface area contributed by atoms with Gasteiger partial charge in [-0.2, -0.15) is 5.26 Å². The highest BCUT2D eigenvalue weighted by atomic mass is 16.5. The average molecular weight is 478 g/mol. The number of nitriles is 1. The van der Waals surface area contributed by atoms with Crippen molar-refractivity contribution in [2.45, 2.75) is 39.7 Å². The molecule has 0 radical (unpaired) electrons. The zero-order valence-electron chi connectivity index (χ0n) is 21.0. The van der Waals surface area contributed by atoms with Crippen molar-refractivity contribution in [2.75, 3.05) is 7.11 Å². The average Bonchev–Trinajstić information content (AvgIpc) is 3.30. The fourth-order valence-electron chi connectivity index (χ4n) is 4.46. The number of nitrogens with one attached hydrogen (secondary N) is 1. The van der Waals surface area contributed by atoms with Gasteiger partial charge in [-0.15, -0.1) is 0 Å². The highest BCUT2D eigenvalue weighted by Crippen LogP contribution is 2.30. The van der Waals surface area contributed by atoms with Crippen LogP contribution < -0.4 is 10.1 Å². The number of nitrogens with zero attached hydrogens (tertiary/aromatic N) is 2. The second-order valence-electron chi connectivity index (χ2n) is 8.99. The Morgan fingerprint density at radius 1 is 0.972 bits per heavy atom. The number of rotatable bonds is 9. The molecule has 5 heteroatoms. The van der Waals surface area contributed by atoms with Gasteiger partial charge in [0.15, 0.2) is 0 Å². The van der Waals surface area contributed by atoms with E-state index in [1.54, 1.807) is 7.11 Å². The molecule has 4 rings (SSSR count). The maximum atomic E-state index is 12.7. The minimum absolute atomic E-state index is 0.00278. The molecule has 3 aromatic carbocycles. The largest absolute Gasteiger partial charge is 0.497 e. The minimum atomic E-state index is 0.00278. The van der Waals surface area contributed by atoms with Gasteiger partial charge >= 0.3 is 0 Å². The van der Waals surface area contributed by atoms with E-state index in [1.807, 2.05) is 48.5 Å². The SMILES string of the molecule is COc1cccc(CNC(=O)CCc2ccc(-c3ccc(C)cc3C)n2-c2ccc(CC#N)cc2)c1. The van der Waals surface area contributed by atoms with Gasteiger partial charge in [-0.3, -0.25) is 4.79 Å². The van der Waals surface area contributed by atoms with Crippen LogP contribution in [0.2, 0.25) is 0 Å². The zero-order valence-corrected chi connectivity index (χ0v) is 21.0. The number of aromatic nitrogens is 1. The smallest absolute Gasteiger partial charge is 0.220 e. The first-order chi connectivity index (χ1) is 17.5. The van der Waals surface area contributed by atoms with Crippen LogP contribution in [-0.4, -0.2) is 17.6 Å². The van der Waals surface area contributed by atoms with E-state index in [1.165, 1.54) is 11.1 Å². The summed E-state index contributed by atoms with van der Waals surface area (Å²) < 4.78 is 7.49. The van der Waals surface area contributed by atoms with E-state index in [2.05, 4.69) is 60.1 Å². The number of benzene rings is 3. The molecule has 0 saturated carbocycles. The summed E-state index contributed by atoms with van der Waals surface area (Å²) in [7, 11) is 1.64. The Hall–Kier alpha value is -4.30. The predicted octanol–water partition coefficient (Wildman–Crippen LogP) is 6.08. The van der Waals surface area contributed by atoms with Crippen molar-refractivity contribution < 1.29 is 9.53 Å². The third kappa shape index (κ3) is 5.84. The molecule has 0 fully saturated rings. The van der Waals surface area contributed by atoms with Gasteiger partial charge in [0.1, 0.15) is 5.75 Å². The summed E-state index contributed by atoms with van der Waals surface area (Å²) in [6, 6.07) is 28.7. The topological polar surface area (TPSA) is 67.0 Å². The zero-order chi connectivity index (χ0) is 25.5. The summed E-state index contributed by atoms with van der Waals surface area (Å²) in [4.78, 5) is 12.7. The Kier molecular flexibility index (Phi) is 7.87. The van der Waals surface area contributed by atoms with Crippen LogP contribution in [0.1, 0.15) is 34.4 Å². The van der Waals surface area contributed by atoms with Gasteiger partial charge < -0.3 is 14.6 Å². The van der Waals surface area contributed by atoms with E-state index in [9.17, 15) is 4.79 Å². The van der Waals surface area contributed by atoms with Crippen LogP contribution in [0, 0.1) is 25.2 Å². The number of carbonyl (C=O) groups excluding carboxylic acids is 1. The molecule has 4 aromatic rings. The second kappa shape index (κ2) is 11.4. The standard InChI is InChI=1S/C31H31N3O2/c1-22-7-14-29(23(2)19-22)30-15-12-27(34(30)26-10-8-24(9-11-26)17-18-32)13-16-31(35)33-21-25-5-4-6-28(20-25)36-3/h4-12,14-15,19-20H,13,16-17,21H2,1-3H3,(H,33,35). The number of hydrogen-bond donors (Lipinski definition) is 1. The van der Waals surface area contributed by atoms with E-state index in [-0.39, 0.29) is 5.91 Å². The summed E-state index contributed by atoms with van der Waals surface area (Å²) in [6.45, 7) is 4.69. The molecule has 0 atom stereocenters. The lowest BCUT2D eigenvalue weighted by Crippen LogP contribution is -2.23. The molecule has 182 valence electrons. The molecule has 0 spiro atoms. The van der Waals surface area contributed by atoms with Crippen molar-refractivity contribution in [2.24, 2.45) is 0 Å². The molecule has 1 amide bonds. The Balaban J connectivity index is 1.56. The number of hydrogen-bond acceptors (Lipinski definition) is 3. The Labute approximate surface area is 213 Å². The molecule has 1 N–H and O–H groups in total. The lowest BCUT2D eigenvalue weighted by Gasteiger charge is -2.16. The number of ether oxygens (including phenoxy) is 1. The first-order valence-electron chi connectivity index (χ1n) is 12.1. The first kappa shape index (κ1) is 24.8. The van der Waals surface area contributed by atoms with Crippen molar-refractivity contribution in [3.63, 3.8) is 0 Å². The van der Waals surface area contributed by atoms with Gasteiger partial charge in [-0.1, -0.05) is 48.0 Å². The summed E-state index contributed by atoms with van der Waals surface area (Å²) in [5, 5.41) is 12.0. The van der Waals surface area contributed by atoms with Gasteiger partial charge in [0.05, 0.1) is 25.3 Å². The van der Waals surface area contributed by atoms with Gasteiger partial charge in [-0.05, 0) is 73.4 Å². The van der Waals surface area contributed by atoms with Crippen LogP contribution in [0.4, 0.5) is 0 Å². The van der Waals surface area contributed by atoms with E-state index in [4.69, 9.17) is 10.00 Å². The van der Waals surface area contributed by atoms with Crippen LogP contribution in [-0.2, 0) is 24.2 Å². The van der Waals surface area contributed by atoms with Crippen LogP contribution >= 0.6 is 0 Å². The Bertz CT molecular complexity index is 1390. The van der Waals surface area contributed by atoms with Crippen LogP contribution in [0.3, 0.4) is 0 Å². The molecule has 0 unspecified atom stereocenters. The van der Waals surface area contributed by atoms with E-state index < -0.39 is 0 Å². The summed E-state index contributed by atoms with van der Waals surface area (Å²) in [6.07, 6.45) is 1.37. The van der Waals surface area contributed by atoms with Crippen molar-refractivity contribution >= 4 is 5.91 Å². The highest BCUT2D eigenvalue weighted by molar-refractivity contribution is 5.76. The number of aryl methyl sites for hydroxylation is 3. The predicted molar refractivity (Wildman–Crippen MR) is 143 cm³/mol. The first-order valence-corrected chi connectivity index (χ1v) is 12.1. The lowest BCUT2D eigenvalue weighted by atomic mass is 10.0. The number of amides is 1. The molecule has 0 aliphatic heterocycles. The molecule has 0 saturated heterocycles. The summed E-state index contributed by atoms with van der Waals surface area (Å²) in [5.74, 6) is 0.780. The van der Waals surface area contributed by atoms with Gasteiger partial charge in [0, 0.05) is 29.9 Å². The van der Waals surface area contributed by atoms with Crippen LogP contribution in [0.5, 0.6) is 5.75 Å². The maximum Gasteiger partial charge on any atom is 0.220 e. The molecule has 1 aromatic heterocycles. The summed E-state index contributed by atoms with van der Waals surface area (Å²) >= 11 is 0. The normalized spacial score (nSPS) is 10.6. The monoisotopic (exact) mass is 477 g/mol. The fraction of sp³-hybridized carbons (Fsp3) is 0.226. The maximum absolute atomic E-state index is 12.7. The molecule has 1 heterocycles. The fourth-order valence-corrected chi connectivity index (χ4v) is 4.46. The molecule has 0 aliphatic rings. The summed E-state index contributed by atoms with van der Waals surface area (Å²) in [5.41, 5.74) is 8.75. The third-order valence-electron chi connectivity index (χ3n) is 6.33. The van der Waals surface area contributed by atoms with Gasteiger partial charge in [0.25, 0.3) is 0 Å². The molecular weight excluding hydrogens is 446 g/mol. The van der Waals surface area contributed by atoms with Crippen molar-refractivity contribution in [3.8, 4) is 28.8 Å². The van der Waals surface area contributed by atoms with Gasteiger partial charge in [0.2, 0.25) is 5.91 Å². The Morgan fingerprint density at radius 2 is 1.78 bits per heavy atom. The minimum Gasteiger partial charge on any atom is -0.497 e. The van der Waals surface area contributed by atoms with Crippen molar-refractivity contribution in [3.05, 3.63) is 107 Å². The van der Waals surface area contributed by atoms with Crippen molar-refractivity contribution in [1.29, 1.82) is 5.26 Å². The van der Waals surface area contributed by atoms with Crippen molar-refractivity contribution in [1.82, 2.24) is 9.88 Å². The van der Waals surface area contributed by atoms with Crippen LogP contribution in [0.15, 0.2) is 78.9 Å².